The molecule has 1 heterocycles. The van der Waals surface area contributed by atoms with Crippen molar-refractivity contribution in [2.24, 2.45) is 0 Å². The zero-order valence-corrected chi connectivity index (χ0v) is 17.7. The van der Waals surface area contributed by atoms with E-state index in [4.69, 9.17) is 14.2 Å². The van der Waals surface area contributed by atoms with Gasteiger partial charge in [-0.25, -0.2) is 9.59 Å². The molecule has 166 valence electrons. The summed E-state index contributed by atoms with van der Waals surface area (Å²) in [4.78, 5) is 47.8. The number of nitrogens with one attached hydrogen (secondary N) is 1. The molecule has 0 amide bonds. The van der Waals surface area contributed by atoms with Gasteiger partial charge in [0.15, 0.2) is 0 Å². The van der Waals surface area contributed by atoms with Crippen LogP contribution in [0.3, 0.4) is 0 Å². The number of ether oxygens (including phenoxy) is 3. The summed E-state index contributed by atoms with van der Waals surface area (Å²) in [5.74, 6) is -3.02. The number of benzene rings is 1. The Morgan fingerprint density at radius 3 is 2.23 bits per heavy atom. The van der Waals surface area contributed by atoms with Crippen molar-refractivity contribution in [3.05, 3.63) is 62.5 Å². The first-order valence-electron chi connectivity index (χ1n) is 9.63. The summed E-state index contributed by atoms with van der Waals surface area (Å²) < 4.78 is 15.4. The van der Waals surface area contributed by atoms with Crippen molar-refractivity contribution < 1.29 is 33.5 Å². The molecular weight excluding hydrogens is 408 g/mol. The van der Waals surface area contributed by atoms with Crippen molar-refractivity contribution in [3.63, 3.8) is 0 Å². The van der Waals surface area contributed by atoms with Crippen molar-refractivity contribution in [1.82, 2.24) is 5.32 Å². The fraction of sp³-hybridized carbons (Fsp3) is 0.381. The number of hydrogen-bond acceptors (Lipinski definition) is 9. The fourth-order valence-electron chi connectivity index (χ4n) is 3.26. The van der Waals surface area contributed by atoms with E-state index in [0.29, 0.717) is 11.3 Å². The van der Waals surface area contributed by atoms with Gasteiger partial charge in [-0.2, -0.15) is 0 Å². The SMILES string of the molecule is CCOC(=O)C1=C(C)NC(COC(C)=O)=C(C(=O)OCC)C1c1cccc([N+](=O)[O-])c1. The van der Waals surface area contributed by atoms with Crippen molar-refractivity contribution in [3.8, 4) is 0 Å². The van der Waals surface area contributed by atoms with Gasteiger partial charge in [-0.05, 0) is 26.3 Å². The first-order chi connectivity index (χ1) is 14.7. The summed E-state index contributed by atoms with van der Waals surface area (Å²) in [5, 5.41) is 14.2. The van der Waals surface area contributed by atoms with Gasteiger partial charge in [0.05, 0.1) is 40.9 Å². The Balaban J connectivity index is 2.75. The van der Waals surface area contributed by atoms with Gasteiger partial charge in [-0.15, -0.1) is 0 Å². The number of esters is 3. The van der Waals surface area contributed by atoms with Gasteiger partial charge < -0.3 is 19.5 Å². The number of allylic oxidation sites excluding steroid dienone is 1. The Bertz CT molecular complexity index is 964. The summed E-state index contributed by atoms with van der Waals surface area (Å²) >= 11 is 0. The first kappa shape index (κ1) is 23.6. The maximum atomic E-state index is 12.9. The molecule has 2 rings (SSSR count). The number of nitro benzene ring substituents is 1. The van der Waals surface area contributed by atoms with Gasteiger partial charge in [0.25, 0.3) is 5.69 Å². The summed E-state index contributed by atoms with van der Waals surface area (Å²) in [6.45, 7) is 5.96. The minimum absolute atomic E-state index is 0.0113. The van der Waals surface area contributed by atoms with Crippen LogP contribution in [0.2, 0.25) is 0 Å². The van der Waals surface area contributed by atoms with Gasteiger partial charge in [0, 0.05) is 24.8 Å². The molecule has 0 saturated heterocycles. The molecule has 1 aromatic rings. The van der Waals surface area contributed by atoms with Gasteiger partial charge in [0.2, 0.25) is 0 Å². The molecule has 1 aliphatic heterocycles. The molecule has 1 aliphatic rings. The van der Waals surface area contributed by atoms with Crippen LogP contribution in [-0.2, 0) is 28.6 Å². The van der Waals surface area contributed by atoms with Crippen molar-refractivity contribution in [2.75, 3.05) is 19.8 Å². The number of hydrogen-bond donors (Lipinski definition) is 1. The lowest BCUT2D eigenvalue weighted by Crippen LogP contribution is -2.35. The molecule has 0 aliphatic carbocycles. The lowest BCUT2D eigenvalue weighted by atomic mass is 9.80. The highest BCUT2D eigenvalue weighted by molar-refractivity contribution is 6.00. The predicted molar refractivity (Wildman–Crippen MR) is 109 cm³/mol. The molecular formula is C21H24N2O8. The number of nitrogens with zero attached hydrogens (tertiary/aromatic N) is 1. The van der Waals surface area contributed by atoms with Crippen LogP contribution in [0.1, 0.15) is 39.2 Å². The average Bonchev–Trinajstić information content (AvgIpc) is 2.71. The summed E-state index contributed by atoms with van der Waals surface area (Å²) in [6, 6.07) is 5.62. The third kappa shape index (κ3) is 5.47. The zero-order chi connectivity index (χ0) is 23.1. The molecule has 0 spiro atoms. The molecule has 0 fully saturated rings. The number of dihydropyridines is 1. The lowest BCUT2D eigenvalue weighted by molar-refractivity contribution is -0.384. The van der Waals surface area contributed by atoms with Crippen molar-refractivity contribution in [2.45, 2.75) is 33.6 Å². The van der Waals surface area contributed by atoms with E-state index in [0.717, 1.165) is 0 Å². The Morgan fingerprint density at radius 2 is 1.68 bits per heavy atom. The van der Waals surface area contributed by atoms with E-state index in [2.05, 4.69) is 5.32 Å². The summed E-state index contributed by atoms with van der Waals surface area (Å²) in [7, 11) is 0. The average molecular weight is 432 g/mol. The van der Waals surface area contributed by atoms with E-state index in [9.17, 15) is 24.5 Å². The van der Waals surface area contributed by atoms with Crippen LogP contribution in [0.25, 0.3) is 0 Å². The van der Waals surface area contributed by atoms with Gasteiger partial charge in [-0.1, -0.05) is 12.1 Å². The molecule has 10 nitrogen and oxygen atoms in total. The molecule has 1 atom stereocenters. The highest BCUT2D eigenvalue weighted by Crippen LogP contribution is 2.40. The van der Waals surface area contributed by atoms with Crippen molar-refractivity contribution in [1.29, 1.82) is 0 Å². The predicted octanol–water partition coefficient (Wildman–Crippen LogP) is 2.50. The molecule has 1 aromatic carbocycles. The number of carbonyl (C=O) groups is 3. The Kier molecular flexibility index (Phi) is 7.89. The molecule has 0 saturated carbocycles. The third-order valence-electron chi connectivity index (χ3n) is 4.47. The van der Waals surface area contributed by atoms with Gasteiger partial charge in [-0.3, -0.25) is 14.9 Å². The van der Waals surface area contributed by atoms with Crippen LogP contribution in [-0.4, -0.2) is 42.7 Å². The monoisotopic (exact) mass is 432 g/mol. The largest absolute Gasteiger partial charge is 0.463 e. The zero-order valence-electron chi connectivity index (χ0n) is 17.7. The number of carbonyl (C=O) groups excluding carboxylic acids is 3. The quantitative estimate of drug-likeness (QED) is 0.284. The van der Waals surface area contributed by atoms with Gasteiger partial charge >= 0.3 is 17.9 Å². The van der Waals surface area contributed by atoms with Crippen LogP contribution < -0.4 is 5.32 Å². The minimum atomic E-state index is -1.02. The maximum absolute atomic E-state index is 12.9. The van der Waals surface area contributed by atoms with E-state index in [1.165, 1.54) is 25.1 Å². The minimum Gasteiger partial charge on any atom is -0.463 e. The standard InChI is InChI=1S/C21H24N2O8/c1-5-29-20(25)17-12(3)22-16(11-31-13(4)24)19(21(26)30-6-2)18(17)14-8-7-9-15(10-14)23(27)28/h7-10,18,22H,5-6,11H2,1-4H3. The highest BCUT2D eigenvalue weighted by atomic mass is 16.6. The summed E-state index contributed by atoms with van der Waals surface area (Å²) in [6.07, 6.45) is 0. The Hall–Kier alpha value is -3.69. The first-order valence-corrected chi connectivity index (χ1v) is 9.63. The van der Waals surface area contributed by atoms with E-state index in [1.54, 1.807) is 26.8 Å². The molecule has 0 aromatic heterocycles. The van der Waals surface area contributed by atoms with E-state index >= 15 is 0 Å². The molecule has 1 unspecified atom stereocenters. The van der Waals surface area contributed by atoms with E-state index in [1.807, 2.05) is 0 Å². The van der Waals surface area contributed by atoms with Crippen LogP contribution in [0.15, 0.2) is 46.8 Å². The topological polar surface area (TPSA) is 134 Å². The molecule has 10 heteroatoms. The smallest absolute Gasteiger partial charge is 0.336 e. The third-order valence-corrected chi connectivity index (χ3v) is 4.47. The number of rotatable bonds is 8. The molecule has 31 heavy (non-hydrogen) atoms. The normalized spacial score (nSPS) is 15.8. The van der Waals surface area contributed by atoms with Crippen LogP contribution in [0.4, 0.5) is 5.69 Å². The van der Waals surface area contributed by atoms with E-state index in [-0.39, 0.29) is 42.4 Å². The van der Waals surface area contributed by atoms with Crippen LogP contribution in [0, 0.1) is 10.1 Å². The second-order valence-electron chi connectivity index (χ2n) is 6.56. The molecule has 0 radical (unpaired) electrons. The van der Waals surface area contributed by atoms with E-state index < -0.39 is 28.7 Å². The lowest BCUT2D eigenvalue weighted by Gasteiger charge is -2.31. The highest BCUT2D eigenvalue weighted by Gasteiger charge is 2.39. The second kappa shape index (κ2) is 10.4. The fourth-order valence-corrected chi connectivity index (χ4v) is 3.26. The molecule has 1 N–H and O–H groups in total. The van der Waals surface area contributed by atoms with Crippen LogP contribution in [0.5, 0.6) is 0 Å². The number of non-ortho nitro benzene ring substituents is 1. The molecule has 0 bridgehead atoms. The summed E-state index contributed by atoms with van der Waals surface area (Å²) in [5.41, 5.74) is 0.818. The Morgan fingerprint density at radius 1 is 1.06 bits per heavy atom. The second-order valence-corrected chi connectivity index (χ2v) is 6.56. The Labute approximate surface area is 179 Å². The maximum Gasteiger partial charge on any atom is 0.336 e. The van der Waals surface area contributed by atoms with Crippen molar-refractivity contribution >= 4 is 23.6 Å². The van der Waals surface area contributed by atoms with Crippen LogP contribution >= 0.6 is 0 Å². The number of nitro groups is 1. The van der Waals surface area contributed by atoms with Gasteiger partial charge in [0.1, 0.15) is 6.61 Å².